The van der Waals surface area contributed by atoms with E-state index in [1.807, 2.05) is 13.0 Å². The Kier molecular flexibility index (Phi) is 11.1. The molecule has 1 amide bonds. The van der Waals surface area contributed by atoms with E-state index in [4.69, 9.17) is 0 Å². The largest absolute Gasteiger partial charge is 0.356 e. The number of hydrogen-bond acceptors (Lipinski definition) is 3. The van der Waals surface area contributed by atoms with Crippen molar-refractivity contribution >= 4 is 15.9 Å². The summed E-state index contributed by atoms with van der Waals surface area (Å²) < 4.78 is 27.3. The van der Waals surface area contributed by atoms with E-state index in [1.54, 1.807) is 22.5 Å². The molecule has 2 aliphatic rings. The summed E-state index contributed by atoms with van der Waals surface area (Å²) in [5.41, 5.74) is 0.950. The average Bonchev–Trinajstić information content (AvgIpc) is 3.11. The first kappa shape index (κ1) is 26.6. The average molecular weight is 434 g/mol. The van der Waals surface area contributed by atoms with Crippen molar-refractivity contribution in [1.29, 1.82) is 0 Å². The summed E-state index contributed by atoms with van der Waals surface area (Å²) in [6, 6.07) is 7.10. The maximum atomic E-state index is 12.8. The molecule has 6 heteroatoms. The smallest absolute Gasteiger partial charge is 0.243 e. The molecule has 1 saturated carbocycles. The third-order valence-electron chi connectivity index (χ3n) is 5.99. The first-order chi connectivity index (χ1) is 13.5. The van der Waals surface area contributed by atoms with E-state index >= 15 is 0 Å². The van der Waals surface area contributed by atoms with Crippen molar-refractivity contribution in [3.8, 4) is 0 Å². The minimum absolute atomic E-state index is 0. The van der Waals surface area contributed by atoms with E-state index < -0.39 is 10.0 Å². The van der Waals surface area contributed by atoms with Gasteiger partial charge < -0.3 is 5.32 Å². The van der Waals surface area contributed by atoms with E-state index in [0.717, 1.165) is 50.0 Å². The molecule has 30 heavy (non-hydrogen) atoms. The highest BCUT2D eigenvalue weighted by Gasteiger charge is 2.32. The number of hydrogen-bond donors (Lipinski definition) is 1. The lowest BCUT2D eigenvalue weighted by Crippen LogP contribution is -2.32. The van der Waals surface area contributed by atoms with Crippen LogP contribution in [0.25, 0.3) is 0 Å². The highest BCUT2D eigenvalue weighted by atomic mass is 32.2. The van der Waals surface area contributed by atoms with Crippen LogP contribution in [-0.4, -0.2) is 38.3 Å². The quantitative estimate of drug-likeness (QED) is 0.719. The van der Waals surface area contributed by atoms with Gasteiger partial charge in [-0.3, -0.25) is 4.79 Å². The number of rotatable bonds is 6. The zero-order valence-electron chi connectivity index (χ0n) is 18.4. The Labute approximate surface area is 184 Å². The predicted octanol–water partition coefficient (Wildman–Crippen LogP) is 4.49. The first-order valence-electron chi connectivity index (χ1n) is 10.7. The molecule has 0 bridgehead atoms. The number of nitrogens with one attached hydrogen (secondary N) is 1. The van der Waals surface area contributed by atoms with E-state index in [9.17, 15) is 13.2 Å². The Morgan fingerprint density at radius 1 is 1.10 bits per heavy atom. The van der Waals surface area contributed by atoms with Crippen molar-refractivity contribution in [1.82, 2.24) is 9.62 Å². The highest BCUT2D eigenvalue weighted by molar-refractivity contribution is 7.89. The van der Waals surface area contributed by atoms with Crippen LogP contribution in [0.3, 0.4) is 0 Å². The van der Waals surface area contributed by atoms with Crippen molar-refractivity contribution in [2.24, 2.45) is 5.92 Å². The molecule has 167 valence electrons. The second-order valence-electron chi connectivity index (χ2n) is 8.25. The number of nitrogens with zero attached hydrogens (tertiary/aromatic N) is 1. The second-order valence-corrected chi connectivity index (χ2v) is 10.2. The second kappa shape index (κ2) is 12.5. The lowest BCUT2D eigenvalue weighted by atomic mass is 9.90. The number of amides is 1. The molecule has 1 aromatic carbocycles. The highest BCUT2D eigenvalue weighted by Crippen LogP contribution is 2.27. The van der Waals surface area contributed by atoms with Gasteiger partial charge in [-0.2, -0.15) is 4.31 Å². The normalized spacial score (nSPS) is 21.0. The van der Waals surface area contributed by atoms with Gasteiger partial charge >= 0.3 is 0 Å². The zero-order valence-corrected chi connectivity index (χ0v) is 19.2. The Hall–Kier alpha value is -1.40. The molecule has 5 nitrogen and oxygen atoms in total. The van der Waals surface area contributed by atoms with Crippen LogP contribution in [0.5, 0.6) is 0 Å². The Morgan fingerprint density at radius 3 is 2.43 bits per heavy atom. The summed E-state index contributed by atoms with van der Waals surface area (Å²) in [4.78, 5) is 12.8. The summed E-state index contributed by atoms with van der Waals surface area (Å²) in [5, 5.41) is 3.08. The van der Waals surface area contributed by atoms with Crippen LogP contribution >= 0.6 is 0 Å². The molecule has 3 rings (SSSR count). The third kappa shape index (κ3) is 7.09. The molecular weight excluding hydrogens is 396 g/mol. The van der Waals surface area contributed by atoms with Gasteiger partial charge in [-0.25, -0.2) is 8.42 Å². The van der Waals surface area contributed by atoms with E-state index in [2.05, 4.69) is 5.32 Å². The Balaban J connectivity index is 0.00000225. The summed E-state index contributed by atoms with van der Waals surface area (Å²) in [6.45, 7) is 3.64. The molecule has 1 heterocycles. The Bertz CT molecular complexity index is 755. The van der Waals surface area contributed by atoms with Crippen LogP contribution in [0.15, 0.2) is 29.2 Å². The summed E-state index contributed by atoms with van der Waals surface area (Å²) >= 11 is 0. The molecule has 0 spiro atoms. The van der Waals surface area contributed by atoms with Gasteiger partial charge in [0.1, 0.15) is 0 Å². The van der Waals surface area contributed by atoms with Crippen LogP contribution in [0, 0.1) is 33.6 Å². The SMILES string of the molecule is Cc1cccc(S(=O)(=O)N2CCC(CCNC(=O)[C]3CCCCCCC3)C2)c1.[CH2].[CH2]. The number of sulfonamides is 1. The van der Waals surface area contributed by atoms with Gasteiger partial charge in [0.25, 0.3) is 0 Å². The lowest BCUT2D eigenvalue weighted by Gasteiger charge is -2.19. The van der Waals surface area contributed by atoms with Crippen molar-refractivity contribution < 1.29 is 13.2 Å². The molecule has 5 radical (unpaired) electrons. The number of carbonyl (C=O) groups excluding carboxylic acids is 1. The first-order valence-corrected chi connectivity index (χ1v) is 12.1. The molecule has 1 aromatic rings. The molecule has 1 N–H and O–H groups in total. The molecule has 1 unspecified atom stereocenters. The van der Waals surface area contributed by atoms with E-state index in [1.165, 1.54) is 19.3 Å². The molecule has 2 fully saturated rings. The predicted molar refractivity (Wildman–Crippen MR) is 122 cm³/mol. The molecule has 1 aliphatic carbocycles. The van der Waals surface area contributed by atoms with Crippen molar-refractivity contribution in [3.63, 3.8) is 0 Å². The van der Waals surface area contributed by atoms with Gasteiger partial charge in [0.15, 0.2) is 0 Å². The van der Waals surface area contributed by atoms with Gasteiger partial charge in [-0.05, 0) is 56.2 Å². The van der Waals surface area contributed by atoms with Gasteiger partial charge in [-0.1, -0.05) is 59.1 Å². The topological polar surface area (TPSA) is 66.5 Å². The van der Waals surface area contributed by atoms with Gasteiger partial charge in [-0.15, -0.1) is 0 Å². The van der Waals surface area contributed by atoms with Crippen LogP contribution < -0.4 is 5.32 Å². The monoisotopic (exact) mass is 433 g/mol. The fourth-order valence-electron chi connectivity index (χ4n) is 4.25. The lowest BCUT2D eigenvalue weighted by molar-refractivity contribution is -0.119. The third-order valence-corrected chi connectivity index (χ3v) is 7.85. The van der Waals surface area contributed by atoms with Crippen molar-refractivity contribution in [2.75, 3.05) is 19.6 Å². The van der Waals surface area contributed by atoms with Crippen molar-refractivity contribution in [2.45, 2.75) is 69.6 Å². The number of benzene rings is 1. The fourth-order valence-corrected chi connectivity index (χ4v) is 5.89. The van der Waals surface area contributed by atoms with Gasteiger partial charge in [0.05, 0.1) is 10.8 Å². The summed E-state index contributed by atoms with van der Waals surface area (Å²) in [7, 11) is -3.42. The van der Waals surface area contributed by atoms with Crippen LogP contribution in [0.4, 0.5) is 0 Å². The Morgan fingerprint density at radius 2 is 1.77 bits per heavy atom. The molecule has 1 atom stereocenters. The number of aryl methyl sites for hydroxylation is 1. The maximum Gasteiger partial charge on any atom is 0.243 e. The summed E-state index contributed by atoms with van der Waals surface area (Å²) in [5.74, 6) is 1.47. The minimum atomic E-state index is -3.42. The van der Waals surface area contributed by atoms with Crippen LogP contribution in [0.1, 0.15) is 63.4 Å². The van der Waals surface area contributed by atoms with E-state index in [0.29, 0.717) is 30.4 Å². The zero-order chi connectivity index (χ0) is 20.0. The fraction of sp³-hybridized carbons (Fsp3) is 0.583. The van der Waals surface area contributed by atoms with Crippen LogP contribution in [0.2, 0.25) is 0 Å². The van der Waals surface area contributed by atoms with E-state index in [-0.39, 0.29) is 20.8 Å². The molecular formula is C24H37N2O3S. The molecule has 0 aromatic heterocycles. The van der Waals surface area contributed by atoms with Gasteiger partial charge in [0, 0.05) is 19.6 Å². The van der Waals surface area contributed by atoms with Gasteiger partial charge in [0.2, 0.25) is 15.9 Å². The minimum Gasteiger partial charge on any atom is -0.356 e. The van der Waals surface area contributed by atoms with Crippen LogP contribution in [-0.2, 0) is 14.8 Å². The standard InChI is InChI=1S/C22H33N2O3S.2CH2/c1-18-8-7-11-21(16-18)28(26,27)24-15-13-19(17-24)12-14-23-22(25)20-9-5-3-2-4-6-10-20;;/h7-8,11,16,19H,2-6,9-10,12-15,17H2,1H3,(H,23,25);2*1H2. The molecule has 1 saturated heterocycles. The molecule has 1 aliphatic heterocycles. The van der Waals surface area contributed by atoms with Crippen molar-refractivity contribution in [3.05, 3.63) is 50.6 Å². The summed E-state index contributed by atoms with van der Waals surface area (Å²) in [6.07, 6.45) is 9.53. The maximum absolute atomic E-state index is 12.8. The number of carbonyl (C=O) groups is 1.